The van der Waals surface area contributed by atoms with E-state index in [4.69, 9.17) is 0 Å². The largest absolute Gasteiger partial charge is 0.356 e. The molecule has 0 spiro atoms. The summed E-state index contributed by atoms with van der Waals surface area (Å²) in [5.41, 5.74) is 1.21. The second-order valence-corrected chi connectivity index (χ2v) is 8.50. The first-order valence-corrected chi connectivity index (χ1v) is 10.9. The molecule has 160 valence electrons. The molecule has 1 atom stereocenters. The molecule has 2 aromatic rings. The predicted octanol–water partition coefficient (Wildman–Crippen LogP) is 3.06. The van der Waals surface area contributed by atoms with Crippen molar-refractivity contribution in [3.63, 3.8) is 0 Å². The number of halogens is 1. The van der Waals surface area contributed by atoms with Gasteiger partial charge in [0.15, 0.2) is 5.96 Å². The number of guanidine groups is 1. The molecule has 29 heavy (non-hydrogen) atoms. The van der Waals surface area contributed by atoms with Gasteiger partial charge in [0.2, 0.25) is 0 Å². The molecule has 1 aliphatic rings. The zero-order valence-electron chi connectivity index (χ0n) is 17.6. The van der Waals surface area contributed by atoms with Gasteiger partial charge in [-0.25, -0.2) is 4.98 Å². The molecule has 0 aromatic carbocycles. The van der Waals surface area contributed by atoms with Crippen LogP contribution in [0.25, 0.3) is 0 Å². The molecule has 1 aliphatic heterocycles. The fourth-order valence-electron chi connectivity index (χ4n) is 3.39. The summed E-state index contributed by atoms with van der Waals surface area (Å²) in [5.74, 6) is 2.48. The molecule has 0 radical (unpaired) electrons. The van der Waals surface area contributed by atoms with Gasteiger partial charge in [0, 0.05) is 63.0 Å². The van der Waals surface area contributed by atoms with Crippen molar-refractivity contribution in [2.24, 2.45) is 10.9 Å². The molecule has 0 amide bonds. The Morgan fingerprint density at radius 3 is 2.69 bits per heavy atom. The van der Waals surface area contributed by atoms with Crippen molar-refractivity contribution in [2.75, 3.05) is 51.7 Å². The minimum absolute atomic E-state index is 0. The fraction of sp³-hybridized carbons (Fsp3) is 0.524. The summed E-state index contributed by atoms with van der Waals surface area (Å²) in [5, 5.41) is 9.05. The average molecular weight is 529 g/mol. The lowest BCUT2D eigenvalue weighted by atomic mass is 10.1. The highest BCUT2D eigenvalue weighted by Crippen LogP contribution is 2.18. The Bertz CT molecular complexity index is 743. The smallest absolute Gasteiger partial charge is 0.191 e. The summed E-state index contributed by atoms with van der Waals surface area (Å²) in [7, 11) is 4.00. The van der Waals surface area contributed by atoms with E-state index >= 15 is 0 Å². The Morgan fingerprint density at radius 1 is 1.21 bits per heavy atom. The lowest BCUT2D eigenvalue weighted by Gasteiger charge is -2.34. The average Bonchev–Trinajstić information content (AvgIpc) is 3.22. The quantitative estimate of drug-likeness (QED) is 0.329. The number of nitrogens with zero attached hydrogens (tertiary/aromatic N) is 4. The summed E-state index contributed by atoms with van der Waals surface area (Å²) in [6, 6.07) is 8.49. The van der Waals surface area contributed by atoms with Gasteiger partial charge in [0.1, 0.15) is 5.82 Å². The van der Waals surface area contributed by atoms with Gasteiger partial charge in [-0.15, -0.1) is 35.3 Å². The maximum absolute atomic E-state index is 4.66. The molecule has 1 saturated heterocycles. The number of aliphatic imine (C=N–C) groups is 1. The predicted molar refractivity (Wildman–Crippen MR) is 135 cm³/mol. The van der Waals surface area contributed by atoms with E-state index in [0.29, 0.717) is 12.5 Å². The van der Waals surface area contributed by atoms with Gasteiger partial charge in [-0.2, -0.15) is 0 Å². The third-order valence-electron chi connectivity index (χ3n) is 5.09. The van der Waals surface area contributed by atoms with Crippen LogP contribution < -0.4 is 15.5 Å². The van der Waals surface area contributed by atoms with E-state index in [0.717, 1.165) is 50.9 Å². The first-order chi connectivity index (χ1) is 13.7. The first-order valence-electron chi connectivity index (χ1n) is 10.00. The number of anilines is 1. The van der Waals surface area contributed by atoms with Crippen molar-refractivity contribution in [2.45, 2.75) is 19.9 Å². The van der Waals surface area contributed by atoms with Gasteiger partial charge in [0.05, 0.1) is 0 Å². The monoisotopic (exact) mass is 528 g/mol. The first kappa shape index (κ1) is 23.9. The summed E-state index contributed by atoms with van der Waals surface area (Å²) in [6.07, 6.45) is 2.98. The molecule has 0 saturated carbocycles. The summed E-state index contributed by atoms with van der Waals surface area (Å²) in [6.45, 7) is 8.09. The van der Waals surface area contributed by atoms with Crippen LogP contribution in [0.3, 0.4) is 0 Å². The fourth-order valence-corrected chi connectivity index (χ4v) is 4.26. The third kappa shape index (κ3) is 7.42. The molecule has 0 aliphatic carbocycles. The zero-order chi connectivity index (χ0) is 19.8. The highest BCUT2D eigenvalue weighted by Gasteiger charge is 2.18. The molecular formula is C21H33IN6S. The Labute approximate surface area is 195 Å². The van der Waals surface area contributed by atoms with E-state index in [2.05, 4.69) is 68.0 Å². The second kappa shape index (κ2) is 12.3. The Hall–Kier alpha value is -1.39. The summed E-state index contributed by atoms with van der Waals surface area (Å²) < 4.78 is 0. The summed E-state index contributed by atoms with van der Waals surface area (Å²) in [4.78, 5) is 15.2. The SMILES string of the molecule is CN=C(NCc1cccnc1N1CCN(C)CC1)NCC(C)Cc1cccs1.I. The maximum atomic E-state index is 4.66. The zero-order valence-corrected chi connectivity index (χ0v) is 20.7. The standard InChI is InChI=1S/C21H32N6S.HI/c1-17(14-19-7-5-13-28-19)15-24-21(22-2)25-16-18-6-4-8-23-20(18)27-11-9-26(3)10-12-27;/h4-8,13,17H,9-12,14-16H2,1-3H3,(H2,22,24,25);1H. The minimum Gasteiger partial charge on any atom is -0.356 e. The van der Waals surface area contributed by atoms with Crippen molar-refractivity contribution in [1.82, 2.24) is 20.5 Å². The number of likely N-dealkylation sites (N-methyl/N-ethyl adjacent to an activating group) is 1. The van der Waals surface area contributed by atoms with Crippen LogP contribution in [0.5, 0.6) is 0 Å². The van der Waals surface area contributed by atoms with Crippen LogP contribution in [0.2, 0.25) is 0 Å². The lowest BCUT2D eigenvalue weighted by molar-refractivity contribution is 0.312. The molecule has 3 rings (SSSR count). The molecular weight excluding hydrogens is 495 g/mol. The van der Waals surface area contributed by atoms with Crippen LogP contribution >= 0.6 is 35.3 Å². The van der Waals surface area contributed by atoms with Gasteiger partial charge in [-0.05, 0) is 36.9 Å². The number of nitrogens with one attached hydrogen (secondary N) is 2. The Balaban J connectivity index is 0.00000300. The van der Waals surface area contributed by atoms with Crippen molar-refractivity contribution in [1.29, 1.82) is 0 Å². The van der Waals surface area contributed by atoms with Gasteiger partial charge in [-0.1, -0.05) is 19.1 Å². The van der Waals surface area contributed by atoms with Crippen molar-refractivity contribution < 1.29 is 0 Å². The molecule has 3 heterocycles. The van der Waals surface area contributed by atoms with Crippen molar-refractivity contribution in [3.05, 3.63) is 46.3 Å². The van der Waals surface area contributed by atoms with Crippen molar-refractivity contribution >= 4 is 47.1 Å². The van der Waals surface area contributed by atoms with Gasteiger partial charge in [-0.3, -0.25) is 4.99 Å². The molecule has 1 fully saturated rings. The topological polar surface area (TPSA) is 55.8 Å². The van der Waals surface area contributed by atoms with E-state index in [1.54, 1.807) is 0 Å². The minimum atomic E-state index is 0. The third-order valence-corrected chi connectivity index (χ3v) is 5.99. The second-order valence-electron chi connectivity index (χ2n) is 7.47. The highest BCUT2D eigenvalue weighted by molar-refractivity contribution is 14.0. The number of rotatable bonds is 7. The Kier molecular flexibility index (Phi) is 10.2. The van der Waals surface area contributed by atoms with Crippen LogP contribution in [-0.2, 0) is 13.0 Å². The van der Waals surface area contributed by atoms with E-state index in [1.165, 1.54) is 10.4 Å². The lowest BCUT2D eigenvalue weighted by Crippen LogP contribution is -2.45. The molecule has 1 unspecified atom stereocenters. The number of aromatic nitrogens is 1. The Morgan fingerprint density at radius 2 is 2.00 bits per heavy atom. The number of hydrogen-bond donors (Lipinski definition) is 2. The number of piperazine rings is 1. The van der Waals surface area contributed by atoms with E-state index in [9.17, 15) is 0 Å². The van der Waals surface area contributed by atoms with Crippen LogP contribution in [-0.4, -0.2) is 62.7 Å². The molecule has 2 aromatic heterocycles. The normalized spacial score (nSPS) is 16.2. The number of hydrogen-bond acceptors (Lipinski definition) is 5. The maximum Gasteiger partial charge on any atom is 0.191 e. The molecule has 2 N–H and O–H groups in total. The van der Waals surface area contributed by atoms with Crippen molar-refractivity contribution in [3.8, 4) is 0 Å². The van der Waals surface area contributed by atoms with Crippen LogP contribution in [0.4, 0.5) is 5.82 Å². The van der Waals surface area contributed by atoms with Crippen LogP contribution in [0.1, 0.15) is 17.4 Å². The van der Waals surface area contributed by atoms with E-state index in [-0.39, 0.29) is 24.0 Å². The van der Waals surface area contributed by atoms with Crippen LogP contribution in [0.15, 0.2) is 40.8 Å². The molecule has 0 bridgehead atoms. The molecule has 8 heteroatoms. The van der Waals surface area contributed by atoms with E-state index < -0.39 is 0 Å². The highest BCUT2D eigenvalue weighted by atomic mass is 127. The van der Waals surface area contributed by atoms with Gasteiger partial charge in [0.25, 0.3) is 0 Å². The van der Waals surface area contributed by atoms with Crippen LogP contribution in [0, 0.1) is 5.92 Å². The van der Waals surface area contributed by atoms with Gasteiger partial charge < -0.3 is 20.4 Å². The number of thiophene rings is 1. The number of pyridine rings is 1. The van der Waals surface area contributed by atoms with E-state index in [1.807, 2.05) is 30.6 Å². The summed E-state index contributed by atoms with van der Waals surface area (Å²) >= 11 is 1.83. The molecule has 6 nitrogen and oxygen atoms in total. The van der Waals surface area contributed by atoms with Gasteiger partial charge >= 0.3 is 0 Å².